The Morgan fingerprint density at radius 1 is 1.45 bits per heavy atom. The topological polar surface area (TPSA) is 53.5 Å². The van der Waals surface area contributed by atoms with Crippen LogP contribution in [-0.4, -0.2) is 17.7 Å². The second kappa shape index (κ2) is 8.32. The number of halogens is 1. The van der Waals surface area contributed by atoms with Crippen LogP contribution in [0.15, 0.2) is 33.8 Å². The smallest absolute Gasteiger partial charge is 0.262 e. The lowest BCUT2D eigenvalue weighted by atomic mass is 9.89. The summed E-state index contributed by atoms with van der Waals surface area (Å²) in [7, 11) is 0. The number of nitrogens with zero attached hydrogens (tertiary/aromatic N) is 1. The van der Waals surface area contributed by atoms with E-state index < -0.39 is 0 Å². The molecule has 1 fully saturated rings. The number of hydrazone groups is 1. The Morgan fingerprint density at radius 3 is 2.95 bits per heavy atom. The Kier molecular flexibility index (Phi) is 6.43. The molecular weight excluding hydrogens is 342 g/mol. The van der Waals surface area contributed by atoms with E-state index in [1.807, 2.05) is 31.2 Å². The molecule has 1 amide bonds. The highest BCUT2D eigenvalue weighted by Gasteiger charge is 2.19. The molecule has 0 heterocycles. The maximum Gasteiger partial charge on any atom is 0.262 e. The normalized spacial score (nSPS) is 21.4. The second-order valence-electron chi connectivity index (χ2n) is 5.84. The third kappa shape index (κ3) is 4.83. The zero-order valence-corrected chi connectivity index (χ0v) is 14.8. The summed E-state index contributed by atoms with van der Waals surface area (Å²) in [5.74, 6) is 0.403. The van der Waals surface area contributed by atoms with Crippen molar-refractivity contribution in [3.63, 3.8) is 0 Å². The summed E-state index contributed by atoms with van der Waals surface area (Å²) in [6.45, 7) is 4.17. The first-order chi connectivity index (χ1) is 10.6. The fourth-order valence-electron chi connectivity index (χ4n) is 2.67. The molecule has 0 spiro atoms. The zero-order valence-electron chi connectivity index (χ0n) is 13.2. The third-order valence-electron chi connectivity index (χ3n) is 4.09. The van der Waals surface area contributed by atoms with E-state index in [1.54, 1.807) is 0 Å². The van der Waals surface area contributed by atoms with E-state index in [-0.39, 0.29) is 11.9 Å². The van der Waals surface area contributed by atoms with Crippen LogP contribution in [0.3, 0.4) is 0 Å². The number of rotatable bonds is 5. The highest BCUT2D eigenvalue weighted by molar-refractivity contribution is 9.10. The van der Waals surface area contributed by atoms with Crippen LogP contribution in [0.1, 0.15) is 46.0 Å². The van der Waals surface area contributed by atoms with Gasteiger partial charge in [-0.05, 0) is 49.8 Å². The highest BCUT2D eigenvalue weighted by Crippen LogP contribution is 2.21. The minimum absolute atomic E-state index is 0.0762. The van der Waals surface area contributed by atoms with Crippen LogP contribution in [0.4, 0.5) is 5.69 Å². The van der Waals surface area contributed by atoms with Gasteiger partial charge in [0, 0.05) is 15.9 Å². The second-order valence-corrected chi connectivity index (χ2v) is 6.76. The standard InChI is InChI=1S/C17H24BrN3O/c1-3-15(19-14-9-6-8-13(18)11-14)17(22)21-20-16-10-5-4-7-12(16)2/h6,8-9,11-12,15,19H,3-5,7,10H2,1-2H3,(H,21,22)/b20-16-/t12-,15+/m0/s1. The molecule has 0 unspecified atom stereocenters. The molecule has 1 aromatic rings. The van der Waals surface area contributed by atoms with Crippen LogP contribution >= 0.6 is 15.9 Å². The molecule has 0 bridgehead atoms. The summed E-state index contributed by atoms with van der Waals surface area (Å²) in [5.41, 5.74) is 4.79. The first-order valence-electron chi connectivity index (χ1n) is 7.98. The van der Waals surface area contributed by atoms with Crippen LogP contribution in [0.2, 0.25) is 0 Å². The Morgan fingerprint density at radius 2 is 2.27 bits per heavy atom. The summed E-state index contributed by atoms with van der Waals surface area (Å²) in [4.78, 5) is 12.3. The molecule has 0 aromatic heterocycles. The first kappa shape index (κ1) is 17.0. The summed E-state index contributed by atoms with van der Waals surface area (Å²) < 4.78 is 0.990. The van der Waals surface area contributed by atoms with Gasteiger partial charge in [0.15, 0.2) is 0 Å². The number of nitrogens with one attached hydrogen (secondary N) is 2. The van der Waals surface area contributed by atoms with E-state index >= 15 is 0 Å². The van der Waals surface area contributed by atoms with Gasteiger partial charge in [-0.25, -0.2) is 5.43 Å². The van der Waals surface area contributed by atoms with Gasteiger partial charge >= 0.3 is 0 Å². The molecule has 120 valence electrons. The molecule has 22 heavy (non-hydrogen) atoms. The van der Waals surface area contributed by atoms with Gasteiger partial charge < -0.3 is 5.32 Å². The van der Waals surface area contributed by atoms with Crippen molar-refractivity contribution in [2.45, 2.75) is 52.0 Å². The van der Waals surface area contributed by atoms with Gasteiger partial charge in [-0.1, -0.05) is 42.3 Å². The molecule has 1 saturated carbocycles. The number of carbonyl (C=O) groups is 1. The van der Waals surface area contributed by atoms with E-state index in [2.05, 4.69) is 38.7 Å². The Bertz CT molecular complexity index is 544. The maximum absolute atomic E-state index is 12.3. The predicted octanol–water partition coefficient (Wildman–Crippen LogP) is 4.32. The van der Waals surface area contributed by atoms with Crippen molar-refractivity contribution in [3.05, 3.63) is 28.7 Å². The van der Waals surface area contributed by atoms with Crippen molar-refractivity contribution in [1.82, 2.24) is 5.43 Å². The van der Waals surface area contributed by atoms with E-state index in [0.29, 0.717) is 12.3 Å². The maximum atomic E-state index is 12.3. The summed E-state index contributed by atoms with van der Waals surface area (Å²) >= 11 is 3.44. The minimum Gasteiger partial charge on any atom is -0.374 e. The highest BCUT2D eigenvalue weighted by atomic mass is 79.9. The number of carbonyl (C=O) groups excluding carboxylic acids is 1. The molecule has 1 aliphatic carbocycles. The number of hydrogen-bond acceptors (Lipinski definition) is 3. The molecule has 0 radical (unpaired) electrons. The van der Waals surface area contributed by atoms with E-state index in [9.17, 15) is 4.79 Å². The van der Waals surface area contributed by atoms with Crippen LogP contribution in [-0.2, 0) is 4.79 Å². The third-order valence-corrected chi connectivity index (χ3v) is 4.58. The Hall–Kier alpha value is -1.36. The van der Waals surface area contributed by atoms with E-state index in [4.69, 9.17) is 0 Å². The number of amides is 1. The fourth-order valence-corrected chi connectivity index (χ4v) is 3.07. The average molecular weight is 366 g/mol. The lowest BCUT2D eigenvalue weighted by Gasteiger charge is -2.21. The number of anilines is 1. The van der Waals surface area contributed by atoms with Crippen LogP contribution in [0.5, 0.6) is 0 Å². The average Bonchev–Trinajstić information content (AvgIpc) is 2.51. The van der Waals surface area contributed by atoms with Crippen molar-refractivity contribution in [2.75, 3.05) is 5.32 Å². The lowest BCUT2D eigenvalue weighted by molar-refractivity contribution is -0.121. The molecule has 1 aliphatic rings. The zero-order chi connectivity index (χ0) is 15.9. The van der Waals surface area contributed by atoms with Crippen molar-refractivity contribution in [3.8, 4) is 0 Å². The van der Waals surface area contributed by atoms with Gasteiger partial charge in [0.2, 0.25) is 0 Å². The predicted molar refractivity (Wildman–Crippen MR) is 95.1 cm³/mol. The molecule has 2 N–H and O–H groups in total. The molecule has 0 saturated heterocycles. The van der Waals surface area contributed by atoms with Gasteiger partial charge in [0.25, 0.3) is 5.91 Å². The summed E-state index contributed by atoms with van der Waals surface area (Å²) in [6, 6.07) is 7.54. The minimum atomic E-state index is -0.280. The monoisotopic (exact) mass is 365 g/mol. The first-order valence-corrected chi connectivity index (χ1v) is 8.78. The molecule has 1 aromatic carbocycles. The van der Waals surface area contributed by atoms with Gasteiger partial charge in [-0.3, -0.25) is 4.79 Å². The Balaban J connectivity index is 1.95. The molecule has 5 heteroatoms. The van der Waals surface area contributed by atoms with E-state index in [0.717, 1.165) is 22.3 Å². The van der Waals surface area contributed by atoms with E-state index in [1.165, 1.54) is 19.3 Å². The summed E-state index contributed by atoms with van der Waals surface area (Å²) in [6.07, 6.45) is 5.31. The Labute approximate surface area is 140 Å². The molecular formula is C17H24BrN3O. The van der Waals surface area contributed by atoms with Crippen LogP contribution < -0.4 is 10.7 Å². The van der Waals surface area contributed by atoms with Crippen molar-refractivity contribution in [2.24, 2.45) is 11.0 Å². The molecule has 2 rings (SSSR count). The summed E-state index contributed by atoms with van der Waals surface area (Å²) in [5, 5.41) is 7.62. The SMILES string of the molecule is CC[C@@H](Nc1cccc(Br)c1)C(=O)N/N=C1/CCCC[C@@H]1C. The van der Waals surface area contributed by atoms with Crippen LogP contribution in [0.25, 0.3) is 0 Å². The fraction of sp³-hybridized carbons (Fsp3) is 0.529. The lowest BCUT2D eigenvalue weighted by Crippen LogP contribution is -2.37. The van der Waals surface area contributed by atoms with Gasteiger partial charge in [-0.15, -0.1) is 0 Å². The number of benzene rings is 1. The molecule has 0 aliphatic heterocycles. The van der Waals surface area contributed by atoms with Crippen molar-refractivity contribution < 1.29 is 4.79 Å². The van der Waals surface area contributed by atoms with Crippen molar-refractivity contribution >= 4 is 33.2 Å². The van der Waals surface area contributed by atoms with Gasteiger partial charge in [-0.2, -0.15) is 5.10 Å². The number of hydrogen-bond donors (Lipinski definition) is 2. The largest absolute Gasteiger partial charge is 0.374 e. The van der Waals surface area contributed by atoms with Crippen LogP contribution in [0, 0.1) is 5.92 Å². The van der Waals surface area contributed by atoms with Gasteiger partial charge in [0.05, 0.1) is 0 Å². The van der Waals surface area contributed by atoms with Gasteiger partial charge in [0.1, 0.15) is 6.04 Å². The molecule has 2 atom stereocenters. The quantitative estimate of drug-likeness (QED) is 0.763. The van der Waals surface area contributed by atoms with Crippen molar-refractivity contribution in [1.29, 1.82) is 0 Å². The molecule has 4 nitrogen and oxygen atoms in total.